The Balaban J connectivity index is 2.21. The predicted molar refractivity (Wildman–Crippen MR) is 76.9 cm³/mol. The highest BCUT2D eigenvalue weighted by atomic mass is 35.5. The molecule has 0 unspecified atom stereocenters. The van der Waals surface area contributed by atoms with E-state index in [1.807, 2.05) is 36.2 Å². The van der Waals surface area contributed by atoms with Gasteiger partial charge in [-0.15, -0.1) is 0 Å². The van der Waals surface area contributed by atoms with Gasteiger partial charge in [0.15, 0.2) is 0 Å². The van der Waals surface area contributed by atoms with Gasteiger partial charge in [0.2, 0.25) is 0 Å². The monoisotopic (exact) mass is 278 g/mol. The Hall–Kier alpha value is -1.81. The van der Waals surface area contributed by atoms with Crippen LogP contribution in [0.25, 0.3) is 10.9 Å². The predicted octanol–water partition coefficient (Wildman–Crippen LogP) is 3.19. The average molecular weight is 279 g/mol. The Labute approximate surface area is 116 Å². The molecule has 0 bridgehead atoms. The number of carbonyl (C=O) groups is 1. The molecule has 19 heavy (non-hydrogen) atoms. The molecule has 1 aromatic heterocycles. The maximum absolute atomic E-state index is 10.5. The van der Waals surface area contributed by atoms with E-state index in [9.17, 15) is 4.79 Å². The van der Waals surface area contributed by atoms with E-state index in [0.29, 0.717) is 18.0 Å². The number of hydrogen-bond acceptors (Lipinski definition) is 3. The Morgan fingerprint density at radius 2 is 2.21 bits per heavy atom. The van der Waals surface area contributed by atoms with Crippen LogP contribution in [-0.2, 0) is 4.79 Å². The molecule has 0 aliphatic heterocycles. The Bertz CT molecular complexity index is 601. The van der Waals surface area contributed by atoms with Crippen LogP contribution in [0.5, 0.6) is 0 Å². The van der Waals surface area contributed by atoms with E-state index in [1.54, 1.807) is 6.20 Å². The third-order valence-electron chi connectivity index (χ3n) is 2.98. The zero-order valence-electron chi connectivity index (χ0n) is 10.6. The molecule has 2 rings (SSSR count). The molecule has 0 saturated heterocycles. The number of rotatable bonds is 5. The largest absolute Gasteiger partial charge is 0.481 e. The van der Waals surface area contributed by atoms with Gasteiger partial charge in [0.1, 0.15) is 0 Å². The second kappa shape index (κ2) is 5.89. The van der Waals surface area contributed by atoms with E-state index in [1.165, 1.54) is 0 Å². The molecule has 0 radical (unpaired) electrons. The van der Waals surface area contributed by atoms with Crippen LogP contribution in [0.3, 0.4) is 0 Å². The van der Waals surface area contributed by atoms with E-state index in [2.05, 4.69) is 4.98 Å². The molecule has 0 spiro atoms. The maximum atomic E-state index is 10.5. The van der Waals surface area contributed by atoms with Gasteiger partial charge in [-0.1, -0.05) is 11.6 Å². The zero-order chi connectivity index (χ0) is 13.8. The summed E-state index contributed by atoms with van der Waals surface area (Å²) in [4.78, 5) is 16.9. The van der Waals surface area contributed by atoms with Crippen molar-refractivity contribution in [1.82, 2.24) is 4.98 Å². The van der Waals surface area contributed by atoms with E-state index in [4.69, 9.17) is 16.7 Å². The summed E-state index contributed by atoms with van der Waals surface area (Å²) in [6.07, 6.45) is 2.53. The van der Waals surface area contributed by atoms with Gasteiger partial charge < -0.3 is 10.0 Å². The minimum absolute atomic E-state index is 0.180. The fourth-order valence-electron chi connectivity index (χ4n) is 2.03. The minimum atomic E-state index is -0.764. The Morgan fingerprint density at radius 1 is 1.42 bits per heavy atom. The first kappa shape index (κ1) is 13.6. The molecule has 0 aliphatic rings. The molecule has 4 nitrogen and oxygen atoms in total. The fourth-order valence-corrected chi connectivity index (χ4v) is 2.19. The van der Waals surface area contributed by atoms with Gasteiger partial charge >= 0.3 is 5.97 Å². The topological polar surface area (TPSA) is 53.4 Å². The molecule has 0 fully saturated rings. The molecular formula is C14H15ClN2O2. The van der Waals surface area contributed by atoms with Crippen LogP contribution in [0.15, 0.2) is 30.5 Å². The highest BCUT2D eigenvalue weighted by Crippen LogP contribution is 2.26. The summed E-state index contributed by atoms with van der Waals surface area (Å²) in [5, 5.41) is 10.3. The number of aliphatic carboxylic acids is 1. The van der Waals surface area contributed by atoms with Crippen molar-refractivity contribution in [2.24, 2.45) is 0 Å². The summed E-state index contributed by atoms with van der Waals surface area (Å²) in [6.45, 7) is 0.689. The van der Waals surface area contributed by atoms with Crippen LogP contribution >= 0.6 is 11.6 Å². The van der Waals surface area contributed by atoms with Crippen molar-refractivity contribution >= 4 is 34.2 Å². The number of halogens is 1. The molecule has 1 heterocycles. The molecule has 5 heteroatoms. The summed E-state index contributed by atoms with van der Waals surface area (Å²) in [6, 6.07) is 7.52. The van der Waals surface area contributed by atoms with E-state index in [0.717, 1.165) is 16.6 Å². The highest BCUT2D eigenvalue weighted by Gasteiger charge is 2.07. The van der Waals surface area contributed by atoms with E-state index < -0.39 is 5.97 Å². The third-order valence-corrected chi connectivity index (χ3v) is 3.21. The van der Waals surface area contributed by atoms with Crippen LogP contribution in [0.4, 0.5) is 5.69 Å². The normalized spacial score (nSPS) is 10.6. The number of hydrogen-bond donors (Lipinski definition) is 1. The first-order chi connectivity index (χ1) is 9.08. The summed E-state index contributed by atoms with van der Waals surface area (Å²) in [5.41, 5.74) is 1.88. The van der Waals surface area contributed by atoms with Gasteiger partial charge in [0, 0.05) is 42.3 Å². The van der Waals surface area contributed by atoms with Gasteiger partial charge in [0.25, 0.3) is 0 Å². The zero-order valence-corrected chi connectivity index (χ0v) is 11.4. The van der Waals surface area contributed by atoms with E-state index >= 15 is 0 Å². The lowest BCUT2D eigenvalue weighted by molar-refractivity contribution is -0.137. The van der Waals surface area contributed by atoms with Crippen molar-refractivity contribution in [3.05, 3.63) is 35.5 Å². The first-order valence-electron chi connectivity index (χ1n) is 6.05. The quantitative estimate of drug-likeness (QED) is 0.913. The molecule has 0 saturated carbocycles. The molecule has 1 aromatic carbocycles. The molecule has 0 amide bonds. The summed E-state index contributed by atoms with van der Waals surface area (Å²) >= 11 is 5.95. The van der Waals surface area contributed by atoms with Crippen molar-refractivity contribution in [1.29, 1.82) is 0 Å². The molecular weight excluding hydrogens is 264 g/mol. The van der Waals surface area contributed by atoms with Crippen LogP contribution in [0.1, 0.15) is 12.8 Å². The molecule has 1 N–H and O–H groups in total. The van der Waals surface area contributed by atoms with Crippen LogP contribution in [-0.4, -0.2) is 29.7 Å². The van der Waals surface area contributed by atoms with Crippen molar-refractivity contribution in [3.8, 4) is 0 Å². The number of carboxylic acids is 1. The maximum Gasteiger partial charge on any atom is 0.303 e. The summed E-state index contributed by atoms with van der Waals surface area (Å²) < 4.78 is 0. The van der Waals surface area contributed by atoms with Gasteiger partial charge in [-0.25, -0.2) is 0 Å². The smallest absolute Gasteiger partial charge is 0.303 e. The fraction of sp³-hybridized carbons (Fsp3) is 0.286. The van der Waals surface area contributed by atoms with Crippen molar-refractivity contribution in [2.75, 3.05) is 18.5 Å². The number of aromatic nitrogens is 1. The standard InChI is InChI=1S/C14H15ClN2O2/c1-17(8-2-3-14(18)19)13-6-7-16-12-9-10(15)4-5-11(12)13/h4-7,9H,2-3,8H2,1H3,(H,18,19). The van der Waals surface area contributed by atoms with Crippen LogP contribution in [0.2, 0.25) is 5.02 Å². The Kier molecular flexibility index (Phi) is 4.22. The second-order valence-corrected chi connectivity index (χ2v) is 4.85. The minimum Gasteiger partial charge on any atom is -0.481 e. The Morgan fingerprint density at radius 3 is 2.95 bits per heavy atom. The molecule has 2 aromatic rings. The van der Waals surface area contributed by atoms with Crippen molar-refractivity contribution in [3.63, 3.8) is 0 Å². The first-order valence-corrected chi connectivity index (χ1v) is 6.43. The number of fused-ring (bicyclic) bond motifs is 1. The average Bonchev–Trinajstić information content (AvgIpc) is 2.37. The number of benzene rings is 1. The molecule has 100 valence electrons. The summed E-state index contributed by atoms with van der Waals surface area (Å²) in [7, 11) is 1.95. The second-order valence-electron chi connectivity index (χ2n) is 4.41. The van der Waals surface area contributed by atoms with Gasteiger partial charge in [-0.2, -0.15) is 0 Å². The van der Waals surface area contributed by atoms with Gasteiger partial charge in [-0.05, 0) is 30.7 Å². The molecule has 0 aliphatic carbocycles. The van der Waals surface area contributed by atoms with E-state index in [-0.39, 0.29) is 6.42 Å². The lowest BCUT2D eigenvalue weighted by atomic mass is 10.1. The van der Waals surface area contributed by atoms with Crippen LogP contribution < -0.4 is 4.90 Å². The SMILES string of the molecule is CN(CCCC(=O)O)c1ccnc2cc(Cl)ccc12. The highest BCUT2D eigenvalue weighted by molar-refractivity contribution is 6.31. The molecule has 0 atom stereocenters. The number of nitrogens with zero attached hydrogens (tertiary/aromatic N) is 2. The number of pyridine rings is 1. The third kappa shape index (κ3) is 3.35. The van der Waals surface area contributed by atoms with Crippen LogP contribution in [0, 0.1) is 0 Å². The number of anilines is 1. The van der Waals surface area contributed by atoms with Crippen molar-refractivity contribution < 1.29 is 9.90 Å². The van der Waals surface area contributed by atoms with Gasteiger partial charge in [-0.3, -0.25) is 9.78 Å². The summed E-state index contributed by atoms with van der Waals surface area (Å²) in [5.74, 6) is -0.764. The number of carboxylic acid groups (broad SMARTS) is 1. The lowest BCUT2D eigenvalue weighted by Gasteiger charge is -2.20. The van der Waals surface area contributed by atoms with Crippen molar-refractivity contribution in [2.45, 2.75) is 12.8 Å². The van der Waals surface area contributed by atoms with Gasteiger partial charge in [0.05, 0.1) is 5.52 Å². The lowest BCUT2D eigenvalue weighted by Crippen LogP contribution is -2.19.